The molecule has 0 fully saturated rings. The molecule has 0 aromatic heterocycles. The lowest BCUT2D eigenvalue weighted by Crippen LogP contribution is -2.25. The minimum Gasteiger partial charge on any atom is -0.360 e. The first-order valence-electron chi connectivity index (χ1n) is 5.82. The van der Waals surface area contributed by atoms with Crippen molar-refractivity contribution in [3.8, 4) is 0 Å². The second-order valence-corrected chi connectivity index (χ2v) is 7.49. The van der Waals surface area contributed by atoms with Gasteiger partial charge in [0.05, 0.1) is 11.5 Å². The quantitative estimate of drug-likeness (QED) is 0.539. The van der Waals surface area contributed by atoms with Crippen molar-refractivity contribution in [2.24, 2.45) is 0 Å². The van der Waals surface area contributed by atoms with Gasteiger partial charge >= 0.3 is 7.60 Å². The Bertz CT molecular complexity index is 596. The van der Waals surface area contributed by atoms with Gasteiger partial charge in [0.2, 0.25) is 0 Å². The molecule has 21 heavy (non-hydrogen) atoms. The van der Waals surface area contributed by atoms with Crippen molar-refractivity contribution < 1.29 is 36.1 Å². The van der Waals surface area contributed by atoms with Crippen molar-refractivity contribution in [2.45, 2.75) is 17.9 Å². The lowest BCUT2D eigenvalue weighted by molar-refractivity contribution is 0.0241. The molecule has 1 aromatic carbocycles. The van der Waals surface area contributed by atoms with E-state index >= 15 is 0 Å². The van der Waals surface area contributed by atoms with Crippen LogP contribution in [0.3, 0.4) is 0 Å². The van der Waals surface area contributed by atoms with E-state index < -0.39 is 43.4 Å². The average molecular weight is 342 g/mol. The maximum atomic E-state index is 12.6. The molecule has 1 atom stereocenters. The van der Waals surface area contributed by atoms with Gasteiger partial charge in [0.15, 0.2) is 0 Å². The minimum atomic E-state index is -4.45. The van der Waals surface area contributed by atoms with E-state index in [0.717, 1.165) is 5.56 Å². The molecule has 0 unspecified atom stereocenters. The standard InChI is InChI=1S/C11H16FO7PS/c1-9-2-4-11(5-3-9)21(16,17)19-7-10(6-12)18-8-20(13,14)15/h2-5,10H,6-8H2,1H3,(H2,13,14,15)/t10-/m1/s1. The topological polar surface area (TPSA) is 110 Å². The third-order valence-electron chi connectivity index (χ3n) is 2.37. The van der Waals surface area contributed by atoms with Crippen molar-refractivity contribution in [2.75, 3.05) is 19.6 Å². The van der Waals surface area contributed by atoms with Crippen LogP contribution in [-0.2, 0) is 23.6 Å². The largest absolute Gasteiger partial charge is 0.360 e. The zero-order valence-corrected chi connectivity index (χ0v) is 12.9. The number of halogens is 1. The van der Waals surface area contributed by atoms with Gasteiger partial charge in [0, 0.05) is 0 Å². The second kappa shape index (κ2) is 7.44. The van der Waals surface area contributed by atoms with Gasteiger partial charge in [0.25, 0.3) is 10.1 Å². The number of hydrogen-bond acceptors (Lipinski definition) is 5. The number of aryl methyl sites for hydroxylation is 1. The highest BCUT2D eigenvalue weighted by Crippen LogP contribution is 2.34. The summed E-state index contributed by atoms with van der Waals surface area (Å²) in [5.41, 5.74) is 0.862. The van der Waals surface area contributed by atoms with Crippen LogP contribution in [0.15, 0.2) is 29.2 Å². The van der Waals surface area contributed by atoms with Gasteiger partial charge in [0.1, 0.15) is 19.1 Å². The fourth-order valence-corrected chi connectivity index (χ4v) is 2.62. The number of ether oxygens (including phenoxy) is 1. The van der Waals surface area contributed by atoms with Crippen molar-refractivity contribution in [1.29, 1.82) is 0 Å². The van der Waals surface area contributed by atoms with Gasteiger partial charge in [-0.05, 0) is 19.1 Å². The Morgan fingerprint density at radius 2 is 1.86 bits per heavy atom. The molecule has 1 aromatic rings. The van der Waals surface area contributed by atoms with Crippen molar-refractivity contribution >= 4 is 17.7 Å². The van der Waals surface area contributed by atoms with Crippen LogP contribution < -0.4 is 0 Å². The highest BCUT2D eigenvalue weighted by Gasteiger charge is 2.22. The molecule has 0 bridgehead atoms. The van der Waals surface area contributed by atoms with Crippen molar-refractivity contribution in [3.05, 3.63) is 29.8 Å². The van der Waals surface area contributed by atoms with E-state index in [-0.39, 0.29) is 4.90 Å². The lowest BCUT2D eigenvalue weighted by atomic mass is 10.2. The second-order valence-electron chi connectivity index (χ2n) is 4.29. The lowest BCUT2D eigenvalue weighted by Gasteiger charge is -2.15. The van der Waals surface area contributed by atoms with Crippen LogP contribution in [-0.4, -0.2) is 43.9 Å². The molecule has 120 valence electrons. The van der Waals surface area contributed by atoms with Gasteiger partial charge in [-0.15, -0.1) is 0 Å². The molecule has 2 N–H and O–H groups in total. The predicted octanol–water partition coefficient (Wildman–Crippen LogP) is 1.19. The maximum Gasteiger partial charge on any atom is 0.350 e. The van der Waals surface area contributed by atoms with Gasteiger partial charge < -0.3 is 14.5 Å². The molecule has 0 saturated carbocycles. The summed E-state index contributed by atoms with van der Waals surface area (Å²) in [6.07, 6.45) is -2.38. The normalized spacial score (nSPS) is 14.1. The van der Waals surface area contributed by atoms with Crippen molar-refractivity contribution in [1.82, 2.24) is 0 Å². The van der Waals surface area contributed by atoms with Crippen molar-refractivity contribution in [3.63, 3.8) is 0 Å². The zero-order valence-electron chi connectivity index (χ0n) is 11.2. The molecule has 0 aliphatic rings. The smallest absolute Gasteiger partial charge is 0.350 e. The molecule has 10 heteroatoms. The van der Waals surface area contributed by atoms with Gasteiger partial charge in [-0.3, -0.25) is 8.75 Å². The van der Waals surface area contributed by atoms with E-state index in [1.165, 1.54) is 12.1 Å². The molecule has 7 nitrogen and oxygen atoms in total. The summed E-state index contributed by atoms with van der Waals surface area (Å²) in [5, 5.41) is 0. The highest BCUT2D eigenvalue weighted by atomic mass is 32.2. The summed E-state index contributed by atoms with van der Waals surface area (Å²) in [6, 6.07) is 5.83. The van der Waals surface area contributed by atoms with E-state index in [2.05, 4.69) is 8.92 Å². The summed E-state index contributed by atoms with van der Waals surface area (Å²) in [6.45, 7) is -0.0254. The minimum absolute atomic E-state index is 0.0966. The molecule has 0 aliphatic heterocycles. The van der Waals surface area contributed by atoms with E-state index in [9.17, 15) is 17.4 Å². The number of benzene rings is 1. The Kier molecular flexibility index (Phi) is 6.45. The van der Waals surface area contributed by atoms with Crippen LogP contribution in [0, 0.1) is 6.92 Å². The average Bonchev–Trinajstić information content (AvgIpc) is 2.38. The molecule has 0 aliphatic carbocycles. The predicted molar refractivity (Wildman–Crippen MR) is 72.1 cm³/mol. The molecular formula is C11H16FO7PS. The maximum absolute atomic E-state index is 12.6. The van der Waals surface area contributed by atoms with Crippen LogP contribution in [0.25, 0.3) is 0 Å². The summed E-state index contributed by atoms with van der Waals surface area (Å²) in [7, 11) is -8.53. The SMILES string of the molecule is Cc1ccc(S(=O)(=O)OC[C@@H](CF)OCP(=O)(O)O)cc1. The first-order valence-corrected chi connectivity index (χ1v) is 9.03. The fourth-order valence-electron chi connectivity index (χ4n) is 1.28. The highest BCUT2D eigenvalue weighted by molar-refractivity contribution is 7.86. The fraction of sp³-hybridized carbons (Fsp3) is 0.455. The van der Waals surface area contributed by atoms with Gasteiger partial charge in [-0.1, -0.05) is 17.7 Å². The van der Waals surface area contributed by atoms with E-state index in [4.69, 9.17) is 9.79 Å². The van der Waals surface area contributed by atoms with Crippen LogP contribution in [0.1, 0.15) is 5.56 Å². The van der Waals surface area contributed by atoms with Crippen LogP contribution in [0.5, 0.6) is 0 Å². The number of hydrogen-bond donors (Lipinski definition) is 2. The molecule has 0 saturated heterocycles. The summed E-state index contributed by atoms with van der Waals surface area (Å²) in [5.74, 6) is 0. The van der Waals surface area contributed by atoms with E-state index in [1.54, 1.807) is 19.1 Å². The first-order chi connectivity index (χ1) is 9.64. The van der Waals surface area contributed by atoms with Crippen LogP contribution in [0.4, 0.5) is 4.39 Å². The summed E-state index contributed by atoms with van der Waals surface area (Å²) < 4.78 is 56.0. The Balaban J connectivity index is 2.63. The molecule has 0 amide bonds. The Morgan fingerprint density at radius 3 is 2.33 bits per heavy atom. The Morgan fingerprint density at radius 1 is 1.29 bits per heavy atom. The zero-order chi connectivity index (χ0) is 16.1. The van der Waals surface area contributed by atoms with Gasteiger partial charge in [-0.25, -0.2) is 4.39 Å². The Hall–Kier alpha value is -0.830. The molecule has 0 spiro atoms. The first kappa shape index (κ1) is 18.2. The molecular weight excluding hydrogens is 326 g/mol. The Labute approximate surface area is 122 Å². The van der Waals surface area contributed by atoms with Crippen LogP contribution in [0.2, 0.25) is 0 Å². The molecule has 0 heterocycles. The monoisotopic (exact) mass is 342 g/mol. The third-order valence-corrected chi connectivity index (χ3v) is 4.15. The van der Waals surface area contributed by atoms with Crippen LogP contribution >= 0.6 is 7.60 Å². The number of alkyl halides is 1. The third kappa shape index (κ3) is 6.64. The summed E-state index contributed by atoms with van der Waals surface area (Å²) in [4.78, 5) is 17.1. The number of rotatable bonds is 8. The van der Waals surface area contributed by atoms with E-state index in [1.807, 2.05) is 0 Å². The molecule has 0 radical (unpaired) electrons. The summed E-state index contributed by atoms with van der Waals surface area (Å²) >= 11 is 0. The van der Waals surface area contributed by atoms with E-state index in [0.29, 0.717) is 0 Å². The van der Waals surface area contributed by atoms with Gasteiger partial charge in [-0.2, -0.15) is 8.42 Å². The molecule has 1 rings (SSSR count).